The van der Waals surface area contributed by atoms with Crippen LogP contribution >= 0.6 is 0 Å². The molecule has 1 N–H and O–H groups in total. The summed E-state index contributed by atoms with van der Waals surface area (Å²) in [6, 6.07) is 1.23. The van der Waals surface area contributed by atoms with E-state index in [-0.39, 0.29) is 15.9 Å². The van der Waals surface area contributed by atoms with Crippen molar-refractivity contribution in [1.82, 2.24) is 4.98 Å². The fourth-order valence-corrected chi connectivity index (χ4v) is 3.29. The van der Waals surface area contributed by atoms with Crippen molar-refractivity contribution >= 4 is 9.84 Å². The molecule has 1 heterocycles. The molecule has 1 saturated carbocycles. The van der Waals surface area contributed by atoms with Gasteiger partial charge in [0.25, 0.3) is 0 Å². The van der Waals surface area contributed by atoms with Gasteiger partial charge in [-0.1, -0.05) is 6.42 Å². The summed E-state index contributed by atoms with van der Waals surface area (Å²) in [5, 5.41) is 9.02. The van der Waals surface area contributed by atoms with Crippen molar-refractivity contribution in [3.63, 3.8) is 0 Å². The Balaban J connectivity index is 2.43. The highest BCUT2D eigenvalue weighted by Crippen LogP contribution is 2.33. The molecule has 75 valence electrons. The van der Waals surface area contributed by atoms with Crippen LogP contribution in [0.15, 0.2) is 17.2 Å². The Kier molecular flexibility index (Phi) is 2.19. The van der Waals surface area contributed by atoms with Gasteiger partial charge in [0.2, 0.25) is 0 Å². The molecule has 0 atom stereocenters. The van der Waals surface area contributed by atoms with E-state index in [1.54, 1.807) is 0 Å². The number of nitrogens with zero attached hydrogens (tertiary/aromatic N) is 1. The minimum atomic E-state index is -3.35. The Labute approximate surface area is 82.5 Å². The topological polar surface area (TPSA) is 67.3 Å². The first kappa shape index (κ1) is 9.45. The van der Waals surface area contributed by atoms with E-state index in [2.05, 4.69) is 11.2 Å². The molecule has 1 fully saturated rings. The third-order valence-corrected chi connectivity index (χ3v) is 4.80. The summed E-state index contributed by atoms with van der Waals surface area (Å²) < 4.78 is 23.7. The molecular formula is C9H10NO3S. The van der Waals surface area contributed by atoms with Crippen LogP contribution in [0.2, 0.25) is 0 Å². The summed E-state index contributed by atoms with van der Waals surface area (Å²) in [6.07, 6.45) is 5.84. The second-order valence-corrected chi connectivity index (χ2v) is 5.58. The lowest BCUT2D eigenvalue weighted by Crippen LogP contribution is -2.28. The number of pyridine rings is 1. The normalized spacial score (nSPS) is 17.7. The summed E-state index contributed by atoms with van der Waals surface area (Å²) >= 11 is 0. The van der Waals surface area contributed by atoms with E-state index in [4.69, 9.17) is 0 Å². The Hall–Kier alpha value is -1.10. The maximum Gasteiger partial charge on any atom is 0.185 e. The SMILES string of the molecule is O=S(=O)(c1c[c]ncc1O)C1CCC1. The second kappa shape index (κ2) is 3.24. The van der Waals surface area contributed by atoms with Gasteiger partial charge in [0.15, 0.2) is 15.6 Å². The predicted molar refractivity (Wildman–Crippen MR) is 49.6 cm³/mol. The lowest BCUT2D eigenvalue weighted by atomic mass is 10.00. The Morgan fingerprint density at radius 3 is 2.71 bits per heavy atom. The minimum Gasteiger partial charge on any atom is -0.505 e. The molecule has 0 aromatic carbocycles. The highest BCUT2D eigenvalue weighted by molar-refractivity contribution is 7.92. The third-order valence-electron chi connectivity index (χ3n) is 2.51. The average molecular weight is 212 g/mol. The largest absolute Gasteiger partial charge is 0.505 e. The number of aromatic nitrogens is 1. The van der Waals surface area contributed by atoms with Crippen LogP contribution in [-0.2, 0) is 9.84 Å². The van der Waals surface area contributed by atoms with Crippen molar-refractivity contribution in [2.75, 3.05) is 0 Å². The van der Waals surface area contributed by atoms with Crippen LogP contribution < -0.4 is 0 Å². The van der Waals surface area contributed by atoms with Crippen LogP contribution in [-0.4, -0.2) is 23.8 Å². The Morgan fingerprint density at radius 2 is 2.21 bits per heavy atom. The van der Waals surface area contributed by atoms with E-state index in [0.717, 1.165) is 12.6 Å². The Morgan fingerprint density at radius 1 is 1.50 bits per heavy atom. The lowest BCUT2D eigenvalue weighted by Gasteiger charge is -2.25. The van der Waals surface area contributed by atoms with E-state index in [0.29, 0.717) is 12.8 Å². The fourth-order valence-electron chi connectivity index (χ4n) is 1.42. The van der Waals surface area contributed by atoms with Gasteiger partial charge < -0.3 is 5.11 Å². The van der Waals surface area contributed by atoms with Crippen LogP contribution in [0.25, 0.3) is 0 Å². The zero-order valence-electron chi connectivity index (χ0n) is 7.47. The van der Waals surface area contributed by atoms with E-state index in [9.17, 15) is 13.5 Å². The van der Waals surface area contributed by atoms with Crippen LogP contribution in [0.3, 0.4) is 0 Å². The molecule has 1 aromatic rings. The summed E-state index contributed by atoms with van der Waals surface area (Å²) in [6.45, 7) is 0. The molecule has 0 spiro atoms. The first-order chi connectivity index (χ1) is 6.62. The standard InChI is InChI=1S/C9H10NO3S/c11-8-6-10-5-4-9(8)14(12,13)7-2-1-3-7/h4,6-7,11H,1-3H2. The van der Waals surface area contributed by atoms with Crippen molar-refractivity contribution in [2.24, 2.45) is 0 Å². The summed E-state index contributed by atoms with van der Waals surface area (Å²) in [4.78, 5) is 3.48. The van der Waals surface area contributed by atoms with Crippen LogP contribution in [0.4, 0.5) is 0 Å². The summed E-state index contributed by atoms with van der Waals surface area (Å²) in [5.74, 6) is -0.282. The van der Waals surface area contributed by atoms with E-state index in [1.165, 1.54) is 6.07 Å². The quantitative estimate of drug-likeness (QED) is 0.791. The third kappa shape index (κ3) is 1.37. The monoisotopic (exact) mass is 212 g/mol. The number of rotatable bonds is 2. The second-order valence-electron chi connectivity index (χ2n) is 3.38. The predicted octanol–water partition coefficient (Wildman–Crippen LogP) is 0.914. The van der Waals surface area contributed by atoms with Gasteiger partial charge >= 0.3 is 0 Å². The first-order valence-electron chi connectivity index (χ1n) is 4.41. The van der Waals surface area contributed by atoms with Gasteiger partial charge in [-0.2, -0.15) is 0 Å². The lowest BCUT2D eigenvalue weighted by molar-refractivity contribution is 0.446. The molecule has 2 rings (SSSR count). The van der Waals surface area contributed by atoms with Gasteiger partial charge in [-0.15, -0.1) is 0 Å². The highest BCUT2D eigenvalue weighted by atomic mass is 32.2. The molecule has 1 aliphatic carbocycles. The van der Waals surface area contributed by atoms with Crippen molar-refractivity contribution in [2.45, 2.75) is 29.4 Å². The van der Waals surface area contributed by atoms with E-state index in [1.807, 2.05) is 0 Å². The van der Waals surface area contributed by atoms with Gasteiger partial charge in [0.1, 0.15) is 4.90 Å². The summed E-state index contributed by atoms with van der Waals surface area (Å²) in [5.41, 5.74) is 0. The number of hydrogen-bond donors (Lipinski definition) is 1. The number of hydrogen-bond acceptors (Lipinski definition) is 4. The van der Waals surface area contributed by atoms with Crippen molar-refractivity contribution in [3.05, 3.63) is 18.5 Å². The minimum absolute atomic E-state index is 0.0443. The fraction of sp³-hybridized carbons (Fsp3) is 0.444. The van der Waals surface area contributed by atoms with Crippen molar-refractivity contribution in [1.29, 1.82) is 0 Å². The zero-order chi connectivity index (χ0) is 10.2. The molecule has 0 amide bonds. The van der Waals surface area contributed by atoms with Gasteiger partial charge in [0.05, 0.1) is 17.6 Å². The molecule has 0 saturated heterocycles. The smallest absolute Gasteiger partial charge is 0.185 e. The molecule has 14 heavy (non-hydrogen) atoms. The van der Waals surface area contributed by atoms with Crippen molar-refractivity contribution < 1.29 is 13.5 Å². The zero-order valence-corrected chi connectivity index (χ0v) is 8.29. The highest BCUT2D eigenvalue weighted by Gasteiger charge is 2.34. The molecule has 5 heteroatoms. The molecule has 0 bridgehead atoms. The van der Waals surface area contributed by atoms with Gasteiger partial charge in [0, 0.05) is 0 Å². The van der Waals surface area contributed by atoms with Crippen LogP contribution in [0, 0.1) is 6.20 Å². The maximum absolute atomic E-state index is 11.8. The molecule has 0 aliphatic heterocycles. The number of aromatic hydroxyl groups is 1. The van der Waals surface area contributed by atoms with Gasteiger partial charge in [-0.05, 0) is 18.9 Å². The van der Waals surface area contributed by atoms with E-state index >= 15 is 0 Å². The summed E-state index contributed by atoms with van der Waals surface area (Å²) in [7, 11) is -3.35. The Bertz CT molecular complexity index is 437. The van der Waals surface area contributed by atoms with Gasteiger partial charge in [-0.25, -0.2) is 8.42 Å². The molecule has 1 aliphatic rings. The van der Waals surface area contributed by atoms with Crippen LogP contribution in [0.5, 0.6) is 5.75 Å². The van der Waals surface area contributed by atoms with E-state index < -0.39 is 9.84 Å². The van der Waals surface area contributed by atoms with Crippen molar-refractivity contribution in [3.8, 4) is 5.75 Å². The first-order valence-corrected chi connectivity index (χ1v) is 5.96. The van der Waals surface area contributed by atoms with Gasteiger partial charge in [-0.3, -0.25) is 4.98 Å². The molecule has 1 aromatic heterocycles. The van der Waals surface area contributed by atoms with Crippen LogP contribution in [0.1, 0.15) is 19.3 Å². The molecule has 0 unspecified atom stereocenters. The maximum atomic E-state index is 11.8. The number of sulfone groups is 1. The molecular weight excluding hydrogens is 202 g/mol. The average Bonchev–Trinajstić information content (AvgIpc) is 2.00. The molecule has 4 nitrogen and oxygen atoms in total. The molecule has 1 radical (unpaired) electrons.